The second-order valence-electron chi connectivity index (χ2n) is 0.911. The van der Waals surface area contributed by atoms with Crippen molar-refractivity contribution in [3.63, 3.8) is 0 Å². The Kier molecular flexibility index (Phi) is 3.18. The van der Waals surface area contributed by atoms with Crippen molar-refractivity contribution in [3.05, 3.63) is 0 Å². The Balaban J connectivity index is 2.81. The fraction of sp³-hybridized carbons (Fsp3) is 0.667. The average Bonchev–Trinajstić information content (AvgIpc) is 1.61. The Bertz CT molecular complexity index is 54.9. The maximum atomic E-state index is 11.1. The highest BCUT2D eigenvalue weighted by molar-refractivity contribution is 5.22. The number of halogens is 2. The SMILES string of the molecule is C=NNCC(F)F. The molecule has 0 heterocycles. The van der Waals surface area contributed by atoms with E-state index in [0.717, 1.165) is 0 Å². The van der Waals surface area contributed by atoms with Gasteiger partial charge in [0.15, 0.2) is 0 Å². The molecule has 0 aliphatic rings. The Morgan fingerprint density at radius 3 is 2.43 bits per heavy atom. The second kappa shape index (κ2) is 3.52. The molecular formula is C3H6F2N2. The summed E-state index contributed by atoms with van der Waals surface area (Å²) in [6.07, 6.45) is -2.34. The normalized spacial score (nSPS) is 9.00. The zero-order chi connectivity index (χ0) is 5.70. The Labute approximate surface area is 40.2 Å². The summed E-state index contributed by atoms with van der Waals surface area (Å²) in [5, 5.41) is 3.00. The molecule has 0 rings (SSSR count). The van der Waals surface area contributed by atoms with Crippen LogP contribution < -0.4 is 5.43 Å². The molecule has 0 spiro atoms. The molecule has 1 N–H and O–H groups in total. The molecule has 0 saturated heterocycles. The van der Waals surface area contributed by atoms with E-state index in [2.05, 4.69) is 11.8 Å². The van der Waals surface area contributed by atoms with Crippen LogP contribution in [0.15, 0.2) is 5.10 Å². The van der Waals surface area contributed by atoms with Crippen molar-refractivity contribution < 1.29 is 8.78 Å². The molecule has 0 aromatic heterocycles. The molecule has 2 nitrogen and oxygen atoms in total. The summed E-state index contributed by atoms with van der Waals surface area (Å²) in [6.45, 7) is 2.53. The van der Waals surface area contributed by atoms with E-state index in [1.54, 1.807) is 0 Å². The van der Waals surface area contributed by atoms with Gasteiger partial charge in [-0.25, -0.2) is 8.78 Å². The van der Waals surface area contributed by atoms with Gasteiger partial charge in [-0.05, 0) is 0 Å². The molecule has 0 fully saturated rings. The summed E-state index contributed by atoms with van der Waals surface area (Å²) in [6, 6.07) is 0. The smallest absolute Gasteiger partial charge is 0.257 e. The van der Waals surface area contributed by atoms with E-state index >= 15 is 0 Å². The third-order valence-electron chi connectivity index (χ3n) is 0.357. The quantitative estimate of drug-likeness (QED) is 0.412. The molecular weight excluding hydrogens is 102 g/mol. The molecule has 42 valence electrons. The highest BCUT2D eigenvalue weighted by Gasteiger charge is 1.96. The first kappa shape index (κ1) is 6.33. The first-order valence-electron chi connectivity index (χ1n) is 1.74. The fourth-order valence-electron chi connectivity index (χ4n) is 0.134. The third-order valence-corrected chi connectivity index (χ3v) is 0.357. The number of nitrogens with one attached hydrogen (secondary N) is 1. The van der Waals surface area contributed by atoms with E-state index in [4.69, 9.17) is 0 Å². The maximum Gasteiger partial charge on any atom is 0.257 e. The van der Waals surface area contributed by atoms with Crippen LogP contribution in [0.25, 0.3) is 0 Å². The molecule has 0 aromatic rings. The van der Waals surface area contributed by atoms with Gasteiger partial charge in [0, 0.05) is 6.72 Å². The monoisotopic (exact) mass is 108 g/mol. The van der Waals surface area contributed by atoms with Crippen LogP contribution in [-0.4, -0.2) is 19.7 Å². The highest BCUT2D eigenvalue weighted by atomic mass is 19.3. The van der Waals surface area contributed by atoms with E-state index in [9.17, 15) is 8.78 Å². The van der Waals surface area contributed by atoms with E-state index in [1.807, 2.05) is 5.43 Å². The van der Waals surface area contributed by atoms with Gasteiger partial charge in [-0.15, -0.1) is 0 Å². The zero-order valence-electron chi connectivity index (χ0n) is 3.69. The van der Waals surface area contributed by atoms with Crippen molar-refractivity contribution in [1.82, 2.24) is 5.43 Å². The molecule has 4 heteroatoms. The lowest BCUT2D eigenvalue weighted by Crippen LogP contribution is -2.14. The molecule has 0 aliphatic carbocycles. The summed E-state index contributed by atoms with van der Waals surface area (Å²) in [5.74, 6) is 0. The Morgan fingerprint density at radius 2 is 2.29 bits per heavy atom. The number of hydrogen-bond donors (Lipinski definition) is 1. The molecule has 0 saturated carbocycles. The molecule has 0 radical (unpaired) electrons. The van der Waals surface area contributed by atoms with Gasteiger partial charge in [0.1, 0.15) is 0 Å². The number of nitrogens with zero attached hydrogens (tertiary/aromatic N) is 1. The Morgan fingerprint density at radius 1 is 1.71 bits per heavy atom. The predicted octanol–water partition coefficient (Wildman–Crippen LogP) is 0.457. The van der Waals surface area contributed by atoms with Crippen LogP contribution in [0, 0.1) is 0 Å². The molecule has 0 aliphatic heterocycles. The second-order valence-corrected chi connectivity index (χ2v) is 0.911. The van der Waals surface area contributed by atoms with Crippen molar-refractivity contribution in [3.8, 4) is 0 Å². The summed E-state index contributed by atoms with van der Waals surface area (Å²) < 4.78 is 22.1. The minimum absolute atomic E-state index is 0.413. The first-order chi connectivity index (χ1) is 3.27. The van der Waals surface area contributed by atoms with Gasteiger partial charge in [-0.2, -0.15) is 5.10 Å². The van der Waals surface area contributed by atoms with Gasteiger partial charge in [0.25, 0.3) is 6.43 Å². The lowest BCUT2D eigenvalue weighted by molar-refractivity contribution is 0.147. The molecule has 0 unspecified atom stereocenters. The van der Waals surface area contributed by atoms with Crippen molar-refractivity contribution in [2.45, 2.75) is 6.43 Å². The van der Waals surface area contributed by atoms with Crippen molar-refractivity contribution in [1.29, 1.82) is 0 Å². The summed E-state index contributed by atoms with van der Waals surface area (Å²) in [5.41, 5.74) is 2.01. The van der Waals surface area contributed by atoms with Gasteiger partial charge in [-0.3, -0.25) is 0 Å². The largest absolute Gasteiger partial charge is 0.305 e. The Hall–Kier alpha value is -0.670. The number of hydrazone groups is 1. The van der Waals surface area contributed by atoms with Crippen molar-refractivity contribution in [2.75, 3.05) is 6.54 Å². The third kappa shape index (κ3) is 5.33. The van der Waals surface area contributed by atoms with Gasteiger partial charge >= 0.3 is 0 Å². The maximum absolute atomic E-state index is 11.1. The van der Waals surface area contributed by atoms with Crippen LogP contribution in [0.2, 0.25) is 0 Å². The van der Waals surface area contributed by atoms with Crippen LogP contribution in [0.1, 0.15) is 0 Å². The topological polar surface area (TPSA) is 24.4 Å². The van der Waals surface area contributed by atoms with Crippen molar-refractivity contribution in [2.24, 2.45) is 5.10 Å². The summed E-state index contributed by atoms with van der Waals surface area (Å²) in [4.78, 5) is 0. The van der Waals surface area contributed by atoms with Crippen LogP contribution >= 0.6 is 0 Å². The molecule has 0 atom stereocenters. The number of hydrogen-bond acceptors (Lipinski definition) is 2. The lowest BCUT2D eigenvalue weighted by Gasteiger charge is -1.93. The fourth-order valence-corrected chi connectivity index (χ4v) is 0.134. The molecule has 0 aromatic carbocycles. The van der Waals surface area contributed by atoms with Gasteiger partial charge in [0.2, 0.25) is 0 Å². The zero-order valence-corrected chi connectivity index (χ0v) is 3.69. The van der Waals surface area contributed by atoms with Crippen LogP contribution in [0.3, 0.4) is 0 Å². The minimum Gasteiger partial charge on any atom is -0.305 e. The molecule has 0 amide bonds. The van der Waals surface area contributed by atoms with E-state index in [-0.39, 0.29) is 0 Å². The first-order valence-corrected chi connectivity index (χ1v) is 1.74. The summed E-state index contributed by atoms with van der Waals surface area (Å²) in [7, 11) is 0. The summed E-state index contributed by atoms with van der Waals surface area (Å²) >= 11 is 0. The van der Waals surface area contributed by atoms with Crippen LogP contribution in [-0.2, 0) is 0 Å². The van der Waals surface area contributed by atoms with E-state index in [1.165, 1.54) is 0 Å². The highest BCUT2D eigenvalue weighted by Crippen LogP contribution is 1.85. The van der Waals surface area contributed by atoms with Crippen LogP contribution in [0.4, 0.5) is 8.78 Å². The van der Waals surface area contributed by atoms with Gasteiger partial charge < -0.3 is 5.43 Å². The van der Waals surface area contributed by atoms with Gasteiger partial charge in [-0.1, -0.05) is 0 Å². The minimum atomic E-state index is -2.34. The van der Waals surface area contributed by atoms with Gasteiger partial charge in [0.05, 0.1) is 6.54 Å². The van der Waals surface area contributed by atoms with E-state index in [0.29, 0.717) is 0 Å². The van der Waals surface area contributed by atoms with Crippen molar-refractivity contribution >= 4 is 6.72 Å². The number of rotatable bonds is 3. The average molecular weight is 108 g/mol. The standard InChI is InChI=1S/C3H6F2N2/c1-6-7-2-3(4)5/h3,7H,1-2H2. The van der Waals surface area contributed by atoms with Crippen LogP contribution in [0.5, 0.6) is 0 Å². The molecule has 0 bridgehead atoms. The van der Waals surface area contributed by atoms with E-state index < -0.39 is 13.0 Å². The molecule has 7 heavy (non-hydrogen) atoms. The number of alkyl halides is 2. The predicted molar refractivity (Wildman–Crippen MR) is 23.6 cm³/mol. The lowest BCUT2D eigenvalue weighted by atomic mass is 10.7.